The maximum absolute atomic E-state index is 12.5. The van der Waals surface area contributed by atoms with Gasteiger partial charge < -0.3 is 14.6 Å². The third-order valence-corrected chi connectivity index (χ3v) is 2.54. The van der Waals surface area contributed by atoms with Gasteiger partial charge in [0.15, 0.2) is 5.75 Å². The summed E-state index contributed by atoms with van der Waals surface area (Å²) in [4.78, 5) is 21.7. The molecule has 0 aliphatic rings. The van der Waals surface area contributed by atoms with Crippen molar-refractivity contribution < 1.29 is 44.4 Å². The fraction of sp³-hybridized carbons (Fsp3) is 0.100. The number of anilines is 1. The number of aromatic carboxylic acids is 1. The first-order valence-electron chi connectivity index (χ1n) is 5.19. The Morgan fingerprint density at radius 2 is 1.87 bits per heavy atom. The fourth-order valence-electron chi connectivity index (χ4n) is 1.31. The normalized spacial score (nSPS) is 11.4. The SMILES string of the molecule is N#Cc1cc(C(=O)O)c(OS(=O)(=O)F)cc1NC(=O)C(F)(F)F. The van der Waals surface area contributed by atoms with E-state index in [4.69, 9.17) is 10.4 Å². The zero-order valence-corrected chi connectivity index (χ0v) is 11.3. The van der Waals surface area contributed by atoms with Gasteiger partial charge in [-0.05, 0) is 6.07 Å². The van der Waals surface area contributed by atoms with Crippen LogP contribution in [0.1, 0.15) is 15.9 Å². The first-order chi connectivity index (χ1) is 10.3. The van der Waals surface area contributed by atoms with Crippen LogP contribution < -0.4 is 9.50 Å². The van der Waals surface area contributed by atoms with Crippen molar-refractivity contribution in [1.82, 2.24) is 0 Å². The van der Waals surface area contributed by atoms with Crippen LogP contribution in [0.4, 0.5) is 22.7 Å². The summed E-state index contributed by atoms with van der Waals surface area (Å²) >= 11 is 0. The van der Waals surface area contributed by atoms with Crippen LogP contribution in [-0.2, 0) is 15.3 Å². The van der Waals surface area contributed by atoms with Gasteiger partial charge in [0, 0.05) is 6.07 Å². The smallest absolute Gasteiger partial charge is 0.478 e. The lowest BCUT2D eigenvalue weighted by molar-refractivity contribution is -0.167. The van der Waals surface area contributed by atoms with Gasteiger partial charge in [0.05, 0.1) is 11.3 Å². The van der Waals surface area contributed by atoms with Crippen LogP contribution >= 0.6 is 0 Å². The number of hydrogen-bond acceptors (Lipinski definition) is 6. The van der Waals surface area contributed by atoms with Gasteiger partial charge in [-0.1, -0.05) is 3.89 Å². The van der Waals surface area contributed by atoms with Crippen molar-refractivity contribution in [2.75, 3.05) is 5.32 Å². The number of carboxylic acids is 1. The Hall–Kier alpha value is -2.88. The lowest BCUT2D eigenvalue weighted by Gasteiger charge is -2.12. The molecule has 0 atom stereocenters. The first kappa shape index (κ1) is 18.2. The van der Waals surface area contributed by atoms with E-state index in [9.17, 15) is 35.1 Å². The fourth-order valence-corrected chi connectivity index (χ4v) is 1.66. The van der Waals surface area contributed by atoms with Crippen molar-refractivity contribution in [3.05, 3.63) is 23.3 Å². The minimum atomic E-state index is -5.71. The van der Waals surface area contributed by atoms with Crippen molar-refractivity contribution in [2.24, 2.45) is 0 Å². The number of hydrogen-bond donors (Lipinski definition) is 2. The molecule has 0 heterocycles. The molecule has 1 aromatic rings. The van der Waals surface area contributed by atoms with Crippen molar-refractivity contribution in [3.63, 3.8) is 0 Å². The van der Waals surface area contributed by atoms with E-state index >= 15 is 0 Å². The molecule has 0 radical (unpaired) electrons. The molecule has 0 fully saturated rings. The van der Waals surface area contributed by atoms with Gasteiger partial charge in [0.25, 0.3) is 0 Å². The number of nitrogens with one attached hydrogen (secondary N) is 1. The summed E-state index contributed by atoms with van der Waals surface area (Å²) in [7, 11) is -5.71. The summed E-state index contributed by atoms with van der Waals surface area (Å²) in [6.07, 6.45) is -5.34. The topological polar surface area (TPSA) is 134 Å². The van der Waals surface area contributed by atoms with Crippen LogP contribution in [0.15, 0.2) is 12.1 Å². The monoisotopic (exact) mass is 356 g/mol. The van der Waals surface area contributed by atoms with Crippen LogP contribution in [0.3, 0.4) is 0 Å². The highest BCUT2D eigenvalue weighted by molar-refractivity contribution is 7.81. The molecule has 1 amide bonds. The van der Waals surface area contributed by atoms with Gasteiger partial charge in [0.2, 0.25) is 0 Å². The van der Waals surface area contributed by atoms with E-state index in [1.165, 1.54) is 11.4 Å². The summed E-state index contributed by atoms with van der Waals surface area (Å²) in [6, 6.07) is 1.97. The molecule has 0 aliphatic carbocycles. The molecule has 0 aliphatic heterocycles. The highest BCUT2D eigenvalue weighted by Gasteiger charge is 2.39. The van der Waals surface area contributed by atoms with Gasteiger partial charge in [0.1, 0.15) is 11.6 Å². The Morgan fingerprint density at radius 1 is 1.30 bits per heavy atom. The lowest BCUT2D eigenvalue weighted by atomic mass is 10.1. The molecule has 8 nitrogen and oxygen atoms in total. The van der Waals surface area contributed by atoms with E-state index < -0.39 is 51.1 Å². The zero-order chi connectivity index (χ0) is 18.0. The Balaban J connectivity index is 3.47. The standard InChI is InChI=1S/C10H4F4N2O6S/c11-10(12,13)9(19)16-6-2-7(22-23(14,20)21)5(8(17)18)1-4(6)3-15/h1-2H,(H,16,19)(H,17,18). The molecule has 1 rings (SSSR count). The second-order valence-corrected chi connectivity index (χ2v) is 4.69. The third kappa shape index (κ3) is 4.81. The summed E-state index contributed by atoms with van der Waals surface area (Å²) in [5, 5.41) is 18.8. The molecule has 0 aromatic heterocycles. The number of carbonyl (C=O) groups is 2. The summed E-state index contributed by atoms with van der Waals surface area (Å²) in [5.74, 6) is -5.60. The molecule has 0 saturated carbocycles. The van der Waals surface area contributed by atoms with Crippen molar-refractivity contribution >= 4 is 28.1 Å². The number of amides is 1. The van der Waals surface area contributed by atoms with Crippen LogP contribution in [-0.4, -0.2) is 31.6 Å². The minimum absolute atomic E-state index is 0.267. The Labute approximate surface area is 125 Å². The van der Waals surface area contributed by atoms with Gasteiger partial charge in [-0.15, -0.1) is 0 Å². The number of rotatable bonds is 4. The van der Waals surface area contributed by atoms with E-state index in [-0.39, 0.29) is 6.07 Å². The number of carbonyl (C=O) groups excluding carboxylic acids is 1. The van der Waals surface area contributed by atoms with Crippen molar-refractivity contribution in [1.29, 1.82) is 5.26 Å². The first-order valence-corrected chi connectivity index (χ1v) is 6.49. The van der Waals surface area contributed by atoms with E-state index in [1.54, 1.807) is 0 Å². The molecule has 0 unspecified atom stereocenters. The Bertz CT molecular complexity index is 812. The van der Waals surface area contributed by atoms with Gasteiger partial charge >= 0.3 is 28.6 Å². The highest BCUT2D eigenvalue weighted by Crippen LogP contribution is 2.30. The second kappa shape index (κ2) is 6.08. The Kier molecular flexibility index (Phi) is 4.81. The van der Waals surface area contributed by atoms with Crippen molar-refractivity contribution in [2.45, 2.75) is 6.18 Å². The Morgan fingerprint density at radius 3 is 2.26 bits per heavy atom. The van der Waals surface area contributed by atoms with Gasteiger partial charge in [-0.3, -0.25) is 4.79 Å². The van der Waals surface area contributed by atoms with E-state index in [2.05, 4.69) is 4.18 Å². The van der Waals surface area contributed by atoms with Crippen LogP contribution in [0.5, 0.6) is 5.75 Å². The molecule has 124 valence electrons. The maximum Gasteiger partial charge on any atom is 0.488 e. The number of benzene rings is 1. The summed E-state index contributed by atoms with van der Waals surface area (Å²) in [5.41, 5.74) is -2.69. The number of nitrogens with zero attached hydrogens (tertiary/aromatic N) is 1. The van der Waals surface area contributed by atoms with Crippen LogP contribution in [0.2, 0.25) is 0 Å². The molecule has 0 spiro atoms. The van der Waals surface area contributed by atoms with E-state index in [0.717, 1.165) is 0 Å². The molecule has 23 heavy (non-hydrogen) atoms. The number of nitriles is 1. The molecular formula is C10H4F4N2O6S. The molecular weight excluding hydrogens is 352 g/mol. The molecule has 2 N–H and O–H groups in total. The molecule has 13 heteroatoms. The average Bonchev–Trinajstić information content (AvgIpc) is 2.35. The summed E-state index contributed by atoms with van der Waals surface area (Å²) < 4.78 is 73.5. The van der Waals surface area contributed by atoms with E-state index in [0.29, 0.717) is 6.07 Å². The van der Waals surface area contributed by atoms with Crippen LogP contribution in [0, 0.1) is 11.3 Å². The molecule has 0 bridgehead atoms. The molecule has 1 aromatic carbocycles. The predicted octanol–water partition coefficient (Wildman–Crippen LogP) is 1.35. The van der Waals surface area contributed by atoms with E-state index in [1.807, 2.05) is 0 Å². The van der Waals surface area contributed by atoms with Crippen LogP contribution in [0.25, 0.3) is 0 Å². The average molecular weight is 356 g/mol. The van der Waals surface area contributed by atoms with Gasteiger partial charge in [-0.2, -0.15) is 26.9 Å². The third-order valence-electron chi connectivity index (χ3n) is 2.17. The largest absolute Gasteiger partial charge is 0.488 e. The predicted molar refractivity (Wildman–Crippen MR) is 63.5 cm³/mol. The second-order valence-electron chi connectivity index (χ2n) is 3.74. The summed E-state index contributed by atoms with van der Waals surface area (Å²) in [6.45, 7) is 0. The number of alkyl halides is 3. The number of halogens is 4. The van der Waals surface area contributed by atoms with Crippen molar-refractivity contribution in [3.8, 4) is 11.8 Å². The lowest BCUT2D eigenvalue weighted by Crippen LogP contribution is -2.30. The highest BCUT2D eigenvalue weighted by atomic mass is 32.3. The maximum atomic E-state index is 12.5. The zero-order valence-electron chi connectivity index (χ0n) is 10.5. The quantitative estimate of drug-likeness (QED) is 0.614. The minimum Gasteiger partial charge on any atom is -0.478 e. The molecule has 0 saturated heterocycles. The number of carboxylic acid groups (broad SMARTS) is 1. The van der Waals surface area contributed by atoms with Gasteiger partial charge in [-0.25, -0.2) is 4.79 Å².